The lowest BCUT2D eigenvalue weighted by atomic mass is 10.2. The SMILES string of the molecule is CCn1c(=O)n(Cc2ccc(Cl)cc2)c(=O)c2[nH]c(C(C)C)nc21. The van der Waals surface area contributed by atoms with Gasteiger partial charge in [-0.25, -0.2) is 9.78 Å². The van der Waals surface area contributed by atoms with Crippen LogP contribution in [0, 0.1) is 0 Å². The minimum absolute atomic E-state index is 0.141. The molecule has 0 radical (unpaired) electrons. The molecule has 3 aromatic rings. The Morgan fingerprint density at radius 2 is 1.83 bits per heavy atom. The highest BCUT2D eigenvalue weighted by atomic mass is 35.5. The average Bonchev–Trinajstić information content (AvgIpc) is 2.99. The third kappa shape index (κ3) is 2.78. The zero-order valence-electron chi connectivity index (χ0n) is 13.8. The number of benzene rings is 1. The first-order chi connectivity index (χ1) is 11.4. The van der Waals surface area contributed by atoms with Gasteiger partial charge < -0.3 is 4.98 Å². The van der Waals surface area contributed by atoms with Crippen molar-refractivity contribution in [3.8, 4) is 0 Å². The van der Waals surface area contributed by atoms with E-state index in [0.29, 0.717) is 28.6 Å². The molecule has 126 valence electrons. The van der Waals surface area contributed by atoms with Crippen molar-refractivity contribution in [2.24, 2.45) is 0 Å². The first-order valence-electron chi connectivity index (χ1n) is 7.90. The molecule has 1 N–H and O–H groups in total. The van der Waals surface area contributed by atoms with E-state index in [-0.39, 0.29) is 23.7 Å². The van der Waals surface area contributed by atoms with Gasteiger partial charge >= 0.3 is 5.69 Å². The fraction of sp³-hybridized carbons (Fsp3) is 0.353. The number of rotatable bonds is 4. The molecule has 7 heteroatoms. The third-order valence-electron chi connectivity index (χ3n) is 4.00. The number of hydrogen-bond donors (Lipinski definition) is 1. The van der Waals surface area contributed by atoms with Gasteiger partial charge in [0.25, 0.3) is 5.56 Å². The topological polar surface area (TPSA) is 72.7 Å². The van der Waals surface area contributed by atoms with Gasteiger partial charge in [0.2, 0.25) is 0 Å². The highest BCUT2D eigenvalue weighted by Gasteiger charge is 2.17. The summed E-state index contributed by atoms with van der Waals surface area (Å²) in [5.41, 5.74) is 0.919. The maximum atomic E-state index is 12.8. The van der Waals surface area contributed by atoms with Crippen LogP contribution in [-0.2, 0) is 13.1 Å². The first-order valence-corrected chi connectivity index (χ1v) is 8.27. The number of imidazole rings is 1. The molecule has 0 atom stereocenters. The Bertz CT molecular complexity index is 996. The lowest BCUT2D eigenvalue weighted by Gasteiger charge is -2.09. The minimum Gasteiger partial charge on any atom is -0.336 e. The summed E-state index contributed by atoms with van der Waals surface area (Å²) in [6.45, 7) is 6.47. The lowest BCUT2D eigenvalue weighted by Crippen LogP contribution is -2.40. The van der Waals surface area contributed by atoms with Gasteiger partial charge in [0.1, 0.15) is 11.3 Å². The van der Waals surface area contributed by atoms with E-state index in [1.165, 1.54) is 9.13 Å². The number of aromatic nitrogens is 4. The van der Waals surface area contributed by atoms with Gasteiger partial charge in [-0.3, -0.25) is 13.9 Å². The molecule has 0 amide bonds. The molecular weight excluding hydrogens is 328 g/mol. The molecule has 24 heavy (non-hydrogen) atoms. The van der Waals surface area contributed by atoms with Crippen molar-refractivity contribution in [1.29, 1.82) is 0 Å². The Morgan fingerprint density at radius 3 is 2.42 bits per heavy atom. The van der Waals surface area contributed by atoms with Gasteiger partial charge in [-0.15, -0.1) is 0 Å². The summed E-state index contributed by atoms with van der Waals surface area (Å²) in [4.78, 5) is 33.0. The van der Waals surface area contributed by atoms with Crippen LogP contribution in [0.3, 0.4) is 0 Å². The summed E-state index contributed by atoms with van der Waals surface area (Å²) in [5.74, 6) is 0.842. The number of hydrogen-bond acceptors (Lipinski definition) is 3. The largest absolute Gasteiger partial charge is 0.336 e. The summed E-state index contributed by atoms with van der Waals surface area (Å²) in [6.07, 6.45) is 0. The Hall–Kier alpha value is -2.34. The van der Waals surface area contributed by atoms with E-state index in [2.05, 4.69) is 9.97 Å². The van der Waals surface area contributed by atoms with Gasteiger partial charge in [-0.05, 0) is 24.6 Å². The molecule has 0 aliphatic carbocycles. The summed E-state index contributed by atoms with van der Waals surface area (Å²) < 4.78 is 2.76. The predicted molar refractivity (Wildman–Crippen MR) is 94.9 cm³/mol. The zero-order valence-corrected chi connectivity index (χ0v) is 14.6. The summed E-state index contributed by atoms with van der Waals surface area (Å²) in [6, 6.07) is 7.10. The molecule has 0 fully saturated rings. The molecule has 0 unspecified atom stereocenters. The van der Waals surface area contributed by atoms with Crippen molar-refractivity contribution < 1.29 is 0 Å². The van der Waals surface area contributed by atoms with Gasteiger partial charge in [-0.2, -0.15) is 0 Å². The van der Waals surface area contributed by atoms with Crippen LogP contribution in [0.25, 0.3) is 11.2 Å². The maximum Gasteiger partial charge on any atom is 0.333 e. The fourth-order valence-corrected chi connectivity index (χ4v) is 2.78. The van der Waals surface area contributed by atoms with E-state index in [9.17, 15) is 9.59 Å². The van der Waals surface area contributed by atoms with Crippen molar-refractivity contribution >= 4 is 22.8 Å². The second-order valence-corrected chi connectivity index (χ2v) is 6.46. The average molecular weight is 347 g/mol. The van der Waals surface area contributed by atoms with Crippen LogP contribution in [0.2, 0.25) is 5.02 Å². The number of H-pyrrole nitrogens is 1. The van der Waals surface area contributed by atoms with Crippen molar-refractivity contribution in [2.75, 3.05) is 0 Å². The normalized spacial score (nSPS) is 11.5. The van der Waals surface area contributed by atoms with Crippen LogP contribution in [0.1, 0.15) is 38.1 Å². The van der Waals surface area contributed by atoms with E-state index >= 15 is 0 Å². The Balaban J connectivity index is 2.22. The van der Waals surface area contributed by atoms with Gasteiger partial charge in [0.15, 0.2) is 5.65 Å². The van der Waals surface area contributed by atoms with Crippen LogP contribution >= 0.6 is 11.6 Å². The molecule has 0 saturated heterocycles. The Labute approximate surface area is 143 Å². The lowest BCUT2D eigenvalue weighted by molar-refractivity contribution is 0.619. The zero-order chi connectivity index (χ0) is 17.4. The van der Waals surface area contributed by atoms with Crippen LogP contribution in [-0.4, -0.2) is 19.1 Å². The maximum absolute atomic E-state index is 12.8. The summed E-state index contributed by atoms with van der Waals surface area (Å²) >= 11 is 5.89. The standard InChI is InChI=1S/C17H19ClN4O2/c1-4-21-15-13(19-14(20-15)10(2)3)16(23)22(17(21)24)9-11-5-7-12(18)8-6-11/h5-8,10H,4,9H2,1-3H3,(H,19,20). The fourth-order valence-electron chi connectivity index (χ4n) is 2.65. The summed E-state index contributed by atoms with van der Waals surface area (Å²) in [7, 11) is 0. The number of aryl methyl sites for hydroxylation is 1. The van der Waals surface area contributed by atoms with E-state index in [4.69, 9.17) is 11.6 Å². The van der Waals surface area contributed by atoms with Crippen LogP contribution in [0.15, 0.2) is 33.9 Å². The number of aromatic amines is 1. The van der Waals surface area contributed by atoms with E-state index in [1.807, 2.05) is 20.8 Å². The number of fused-ring (bicyclic) bond motifs is 1. The van der Waals surface area contributed by atoms with Crippen molar-refractivity contribution in [1.82, 2.24) is 19.1 Å². The van der Waals surface area contributed by atoms with Crippen LogP contribution < -0.4 is 11.2 Å². The quantitative estimate of drug-likeness (QED) is 0.789. The molecule has 2 heterocycles. The molecule has 0 saturated carbocycles. The summed E-state index contributed by atoms with van der Waals surface area (Å²) in [5, 5.41) is 0.614. The van der Waals surface area contributed by atoms with E-state index in [1.54, 1.807) is 24.3 Å². The smallest absolute Gasteiger partial charge is 0.333 e. The minimum atomic E-state index is -0.355. The van der Waals surface area contributed by atoms with Crippen LogP contribution in [0.4, 0.5) is 0 Å². The van der Waals surface area contributed by atoms with Gasteiger partial charge in [0.05, 0.1) is 6.54 Å². The highest BCUT2D eigenvalue weighted by molar-refractivity contribution is 6.30. The van der Waals surface area contributed by atoms with E-state index < -0.39 is 0 Å². The van der Waals surface area contributed by atoms with Crippen molar-refractivity contribution in [3.05, 3.63) is 61.5 Å². The molecule has 1 aromatic carbocycles. The predicted octanol–water partition coefficient (Wildman–Crippen LogP) is 2.73. The van der Waals surface area contributed by atoms with Crippen molar-refractivity contribution in [2.45, 2.75) is 39.8 Å². The number of halogens is 1. The monoisotopic (exact) mass is 346 g/mol. The van der Waals surface area contributed by atoms with E-state index in [0.717, 1.165) is 5.56 Å². The first kappa shape index (κ1) is 16.5. The molecule has 0 spiro atoms. The van der Waals surface area contributed by atoms with Crippen molar-refractivity contribution in [3.63, 3.8) is 0 Å². The molecule has 0 aliphatic heterocycles. The van der Waals surface area contributed by atoms with Gasteiger partial charge in [-0.1, -0.05) is 37.6 Å². The molecule has 6 nitrogen and oxygen atoms in total. The second-order valence-electron chi connectivity index (χ2n) is 6.02. The molecular formula is C17H19ClN4O2. The molecule has 3 rings (SSSR count). The number of nitrogens with zero attached hydrogens (tertiary/aromatic N) is 3. The number of nitrogens with one attached hydrogen (secondary N) is 1. The Kier molecular flexibility index (Phi) is 4.32. The molecule has 0 aliphatic rings. The molecule has 2 aromatic heterocycles. The Morgan fingerprint density at radius 1 is 1.17 bits per heavy atom. The van der Waals surface area contributed by atoms with Gasteiger partial charge in [0, 0.05) is 17.5 Å². The highest BCUT2D eigenvalue weighted by Crippen LogP contribution is 2.14. The molecule has 0 bridgehead atoms. The third-order valence-corrected chi connectivity index (χ3v) is 4.25. The van der Waals surface area contributed by atoms with Crippen LogP contribution in [0.5, 0.6) is 0 Å². The second kappa shape index (κ2) is 6.28.